The Morgan fingerprint density at radius 1 is 1.04 bits per heavy atom. The molecule has 0 bridgehead atoms. The van der Waals surface area contributed by atoms with Crippen molar-refractivity contribution < 1.29 is 9.59 Å². The number of thiophene rings is 1. The molecule has 5 nitrogen and oxygen atoms in total. The topological polar surface area (TPSA) is 84.2 Å². The smallest absolute Gasteiger partial charge is 0.319 e. The van der Waals surface area contributed by atoms with Gasteiger partial charge in [0.2, 0.25) is 0 Å². The summed E-state index contributed by atoms with van der Waals surface area (Å²) in [5, 5.41) is 6.45. The quantitative estimate of drug-likeness (QED) is 0.674. The highest BCUT2D eigenvalue weighted by Crippen LogP contribution is 2.35. The first-order valence-corrected chi connectivity index (χ1v) is 8.31. The number of hydrogen-bond donors (Lipinski definition) is 3. The molecule has 6 heteroatoms. The van der Waals surface area contributed by atoms with Crippen LogP contribution in [-0.2, 0) is 0 Å². The van der Waals surface area contributed by atoms with E-state index in [1.165, 1.54) is 11.3 Å². The Bertz CT molecular complexity index is 890. The number of carbonyl (C=O) groups excluding carboxylic acids is 2. The molecule has 3 aromatic rings. The van der Waals surface area contributed by atoms with Crippen LogP contribution < -0.4 is 16.4 Å². The Morgan fingerprint density at radius 2 is 1.71 bits per heavy atom. The number of anilines is 1. The minimum Gasteiger partial charge on any atom is -0.365 e. The molecule has 0 aliphatic heterocycles. The number of fused-ring (bicyclic) bond motifs is 1. The van der Waals surface area contributed by atoms with Crippen LogP contribution in [0.2, 0.25) is 0 Å². The van der Waals surface area contributed by atoms with E-state index in [0.29, 0.717) is 10.6 Å². The lowest BCUT2D eigenvalue weighted by Crippen LogP contribution is -2.31. The largest absolute Gasteiger partial charge is 0.365 e. The van der Waals surface area contributed by atoms with Crippen molar-refractivity contribution in [3.05, 3.63) is 65.0 Å². The van der Waals surface area contributed by atoms with E-state index in [2.05, 4.69) is 10.6 Å². The highest BCUT2D eigenvalue weighted by Gasteiger charge is 2.19. The monoisotopic (exact) mass is 339 g/mol. The lowest BCUT2D eigenvalue weighted by atomic mass is 10.1. The van der Waals surface area contributed by atoms with Gasteiger partial charge >= 0.3 is 6.03 Å². The van der Waals surface area contributed by atoms with Gasteiger partial charge in [-0.1, -0.05) is 48.5 Å². The molecule has 4 N–H and O–H groups in total. The Kier molecular flexibility index (Phi) is 4.48. The third kappa shape index (κ3) is 3.23. The Morgan fingerprint density at radius 3 is 2.42 bits per heavy atom. The highest BCUT2D eigenvalue weighted by atomic mass is 32.1. The second-order valence-corrected chi connectivity index (χ2v) is 6.45. The molecule has 0 unspecified atom stereocenters. The van der Waals surface area contributed by atoms with Crippen LogP contribution in [0.1, 0.15) is 28.2 Å². The van der Waals surface area contributed by atoms with Gasteiger partial charge in [-0.3, -0.25) is 4.79 Å². The van der Waals surface area contributed by atoms with Crippen molar-refractivity contribution in [1.82, 2.24) is 5.32 Å². The van der Waals surface area contributed by atoms with Gasteiger partial charge in [-0.05, 0) is 18.6 Å². The van der Waals surface area contributed by atoms with Crippen molar-refractivity contribution in [3.63, 3.8) is 0 Å². The second-order valence-electron chi connectivity index (χ2n) is 5.40. The van der Waals surface area contributed by atoms with Crippen LogP contribution in [0.4, 0.5) is 10.5 Å². The average molecular weight is 339 g/mol. The molecule has 0 saturated heterocycles. The number of nitrogens with one attached hydrogen (secondary N) is 2. The molecular weight excluding hydrogens is 322 g/mol. The lowest BCUT2D eigenvalue weighted by molar-refractivity contribution is 0.100. The SMILES string of the molecule is C[C@H](NC(=O)Nc1c(C(N)=O)sc2ccccc12)c1ccccc1. The number of amides is 3. The molecule has 1 heterocycles. The molecule has 0 aliphatic carbocycles. The molecule has 122 valence electrons. The lowest BCUT2D eigenvalue weighted by Gasteiger charge is -2.15. The standard InChI is InChI=1S/C18H17N3O2S/c1-11(12-7-3-2-4-8-12)20-18(23)21-15-13-9-5-6-10-14(13)24-16(15)17(19)22/h2-11H,1H3,(H2,19,22)(H2,20,21,23)/t11-/m0/s1. The number of nitrogens with two attached hydrogens (primary N) is 1. The van der Waals surface area contributed by atoms with Crippen LogP contribution in [0.5, 0.6) is 0 Å². The van der Waals surface area contributed by atoms with Gasteiger partial charge in [0.25, 0.3) is 5.91 Å². The predicted molar refractivity (Wildman–Crippen MR) is 97.4 cm³/mol. The van der Waals surface area contributed by atoms with Crippen LogP contribution in [0.15, 0.2) is 54.6 Å². The van der Waals surface area contributed by atoms with Gasteiger partial charge in [-0.25, -0.2) is 4.79 Å². The Labute approximate surface area is 143 Å². The molecule has 0 saturated carbocycles. The van der Waals surface area contributed by atoms with Crippen molar-refractivity contribution in [2.75, 3.05) is 5.32 Å². The summed E-state index contributed by atoms with van der Waals surface area (Å²) in [6.45, 7) is 1.90. The van der Waals surface area contributed by atoms with Gasteiger partial charge in [-0.2, -0.15) is 0 Å². The number of primary amides is 1. The molecule has 1 atom stereocenters. The summed E-state index contributed by atoms with van der Waals surface area (Å²) in [4.78, 5) is 24.4. The number of hydrogen-bond acceptors (Lipinski definition) is 3. The maximum Gasteiger partial charge on any atom is 0.319 e. The van der Waals surface area contributed by atoms with Gasteiger partial charge in [-0.15, -0.1) is 11.3 Å². The first-order valence-electron chi connectivity index (χ1n) is 7.50. The molecule has 0 radical (unpaired) electrons. The van der Waals surface area contributed by atoms with E-state index in [1.54, 1.807) is 0 Å². The van der Waals surface area contributed by atoms with Crippen molar-refractivity contribution >= 4 is 39.0 Å². The minimum absolute atomic E-state index is 0.159. The van der Waals surface area contributed by atoms with E-state index in [0.717, 1.165) is 15.6 Å². The molecule has 3 amide bonds. The van der Waals surface area contributed by atoms with E-state index >= 15 is 0 Å². The normalized spacial score (nSPS) is 11.9. The van der Waals surface area contributed by atoms with Gasteiger partial charge in [0.15, 0.2) is 0 Å². The van der Waals surface area contributed by atoms with Crippen LogP contribution in [0.25, 0.3) is 10.1 Å². The summed E-state index contributed by atoms with van der Waals surface area (Å²) in [5.74, 6) is -0.553. The number of benzene rings is 2. The molecule has 0 fully saturated rings. The fourth-order valence-corrected chi connectivity index (χ4v) is 3.52. The maximum atomic E-state index is 12.3. The fraction of sp³-hybridized carbons (Fsp3) is 0.111. The number of urea groups is 1. The first kappa shape index (κ1) is 16.0. The van der Waals surface area contributed by atoms with Gasteiger partial charge < -0.3 is 16.4 Å². The van der Waals surface area contributed by atoms with Crippen LogP contribution in [-0.4, -0.2) is 11.9 Å². The Hall–Kier alpha value is -2.86. The number of carbonyl (C=O) groups is 2. The highest BCUT2D eigenvalue weighted by molar-refractivity contribution is 7.21. The zero-order valence-electron chi connectivity index (χ0n) is 13.1. The third-order valence-electron chi connectivity index (χ3n) is 3.70. The van der Waals surface area contributed by atoms with E-state index in [1.807, 2.05) is 61.5 Å². The zero-order valence-corrected chi connectivity index (χ0v) is 13.9. The molecule has 0 aliphatic rings. The molecular formula is C18H17N3O2S. The van der Waals surface area contributed by atoms with Gasteiger partial charge in [0.1, 0.15) is 4.88 Å². The maximum absolute atomic E-state index is 12.3. The molecule has 24 heavy (non-hydrogen) atoms. The van der Waals surface area contributed by atoms with Crippen molar-refractivity contribution in [1.29, 1.82) is 0 Å². The second kappa shape index (κ2) is 6.72. The molecule has 2 aromatic carbocycles. The van der Waals surface area contributed by atoms with Crippen LogP contribution in [0.3, 0.4) is 0 Å². The van der Waals surface area contributed by atoms with Crippen molar-refractivity contribution in [2.45, 2.75) is 13.0 Å². The van der Waals surface area contributed by atoms with E-state index in [-0.39, 0.29) is 12.1 Å². The summed E-state index contributed by atoms with van der Waals surface area (Å²) in [5.41, 5.74) is 6.90. The summed E-state index contributed by atoms with van der Waals surface area (Å²) in [6.07, 6.45) is 0. The summed E-state index contributed by atoms with van der Waals surface area (Å²) in [7, 11) is 0. The van der Waals surface area contributed by atoms with E-state index in [4.69, 9.17) is 5.73 Å². The zero-order chi connectivity index (χ0) is 17.1. The van der Waals surface area contributed by atoms with Crippen LogP contribution in [0, 0.1) is 0 Å². The first-order chi connectivity index (χ1) is 11.6. The molecule has 0 spiro atoms. The third-order valence-corrected chi connectivity index (χ3v) is 4.89. The van der Waals surface area contributed by atoms with E-state index < -0.39 is 5.91 Å². The molecule has 1 aromatic heterocycles. The fourth-order valence-electron chi connectivity index (χ4n) is 2.51. The van der Waals surface area contributed by atoms with E-state index in [9.17, 15) is 9.59 Å². The summed E-state index contributed by atoms with van der Waals surface area (Å²) in [6, 6.07) is 16.6. The molecule has 3 rings (SSSR count). The van der Waals surface area contributed by atoms with Gasteiger partial charge in [0.05, 0.1) is 11.7 Å². The Balaban J connectivity index is 1.83. The van der Waals surface area contributed by atoms with Gasteiger partial charge in [0, 0.05) is 10.1 Å². The number of rotatable bonds is 4. The average Bonchev–Trinajstić information content (AvgIpc) is 2.94. The predicted octanol–water partition coefficient (Wildman–Crippen LogP) is 3.88. The summed E-state index contributed by atoms with van der Waals surface area (Å²) >= 11 is 1.27. The van der Waals surface area contributed by atoms with Crippen molar-refractivity contribution in [3.8, 4) is 0 Å². The summed E-state index contributed by atoms with van der Waals surface area (Å²) < 4.78 is 0.901. The van der Waals surface area contributed by atoms with Crippen LogP contribution >= 0.6 is 11.3 Å². The van der Waals surface area contributed by atoms with Crippen molar-refractivity contribution in [2.24, 2.45) is 5.73 Å². The minimum atomic E-state index is -0.553.